The minimum Gasteiger partial charge on any atom is -0.481 e. The number of urea groups is 1. The number of carboxylic acid groups (broad SMARTS) is 1. The Morgan fingerprint density at radius 2 is 2.00 bits per heavy atom. The molecule has 0 aliphatic rings. The van der Waals surface area contributed by atoms with Crippen LogP contribution in [0.3, 0.4) is 0 Å². The van der Waals surface area contributed by atoms with Crippen molar-refractivity contribution >= 4 is 12.0 Å². The van der Waals surface area contributed by atoms with E-state index in [0.29, 0.717) is 6.54 Å². The van der Waals surface area contributed by atoms with Gasteiger partial charge in [-0.15, -0.1) is 0 Å². The smallest absolute Gasteiger partial charge is 0.315 e. The van der Waals surface area contributed by atoms with E-state index in [9.17, 15) is 14.7 Å². The van der Waals surface area contributed by atoms with E-state index in [-0.39, 0.29) is 6.03 Å². The van der Waals surface area contributed by atoms with Gasteiger partial charge >= 0.3 is 12.0 Å². The Kier molecular flexibility index (Phi) is 5.34. The van der Waals surface area contributed by atoms with Crippen molar-refractivity contribution in [2.45, 2.75) is 46.1 Å². The van der Waals surface area contributed by atoms with E-state index in [4.69, 9.17) is 0 Å². The third kappa shape index (κ3) is 4.47. The van der Waals surface area contributed by atoms with Crippen molar-refractivity contribution < 1.29 is 14.7 Å². The summed E-state index contributed by atoms with van der Waals surface area (Å²) in [5, 5.41) is 14.7. The van der Waals surface area contributed by atoms with Gasteiger partial charge in [-0.1, -0.05) is 0 Å². The summed E-state index contributed by atoms with van der Waals surface area (Å²) < 4.78 is 0. The lowest BCUT2D eigenvalue weighted by Crippen LogP contribution is -2.59. The van der Waals surface area contributed by atoms with Crippen molar-refractivity contribution in [3.05, 3.63) is 18.2 Å². The van der Waals surface area contributed by atoms with Gasteiger partial charge in [0.15, 0.2) is 0 Å². The number of rotatable bonds is 7. The molecule has 1 aromatic heterocycles. The molecule has 0 atom stereocenters. The van der Waals surface area contributed by atoms with Gasteiger partial charge in [0, 0.05) is 25.4 Å². The molecule has 0 aliphatic carbocycles. The third-order valence-electron chi connectivity index (χ3n) is 3.95. The van der Waals surface area contributed by atoms with Crippen LogP contribution in [0.5, 0.6) is 0 Å². The summed E-state index contributed by atoms with van der Waals surface area (Å²) in [6.07, 6.45) is 4.94. The first-order chi connectivity index (χ1) is 9.67. The number of hydrogen-bond donors (Lipinski definition) is 4. The molecule has 0 saturated heterocycles. The molecule has 1 heterocycles. The fourth-order valence-corrected chi connectivity index (χ4v) is 1.64. The number of imidazole rings is 1. The predicted octanol–water partition coefficient (Wildman–Crippen LogP) is 1.53. The Bertz CT molecular complexity index is 480. The standard InChI is InChI=1S/C14H24N4O3/c1-13(2,11(19)20)14(3,4)18-12(21)17-7-5-6-10-15-8-9-16-10/h8-9H,5-7H2,1-4H3,(H,15,16)(H,19,20)(H2,17,18,21). The number of aryl methyl sites for hydroxylation is 1. The van der Waals surface area contributed by atoms with Crippen LogP contribution in [0.1, 0.15) is 39.9 Å². The Morgan fingerprint density at radius 1 is 1.33 bits per heavy atom. The highest BCUT2D eigenvalue weighted by molar-refractivity contribution is 5.79. The largest absolute Gasteiger partial charge is 0.481 e. The summed E-state index contributed by atoms with van der Waals surface area (Å²) in [6.45, 7) is 7.07. The van der Waals surface area contributed by atoms with Gasteiger partial charge in [-0.3, -0.25) is 4.79 Å². The number of nitrogens with one attached hydrogen (secondary N) is 3. The maximum absolute atomic E-state index is 11.9. The number of aliphatic carboxylic acids is 1. The number of aromatic nitrogens is 2. The SMILES string of the molecule is CC(C)(NC(=O)NCCCc1ncc[nH]1)C(C)(C)C(=O)O. The molecular weight excluding hydrogens is 272 g/mol. The molecule has 0 unspecified atom stereocenters. The fraction of sp³-hybridized carbons (Fsp3) is 0.643. The fourth-order valence-electron chi connectivity index (χ4n) is 1.64. The van der Waals surface area contributed by atoms with Crippen LogP contribution in [0, 0.1) is 5.41 Å². The van der Waals surface area contributed by atoms with Crippen LogP contribution in [0.4, 0.5) is 4.79 Å². The van der Waals surface area contributed by atoms with Crippen molar-refractivity contribution in [2.75, 3.05) is 6.54 Å². The molecule has 2 amide bonds. The van der Waals surface area contributed by atoms with Gasteiger partial charge in [0.25, 0.3) is 0 Å². The maximum Gasteiger partial charge on any atom is 0.315 e. The van der Waals surface area contributed by atoms with Crippen molar-refractivity contribution in [3.63, 3.8) is 0 Å². The maximum atomic E-state index is 11.9. The molecule has 1 rings (SSSR count). The number of carbonyl (C=O) groups excluding carboxylic acids is 1. The first kappa shape index (κ1) is 17.0. The molecule has 0 spiro atoms. The predicted molar refractivity (Wildman–Crippen MR) is 78.9 cm³/mol. The van der Waals surface area contributed by atoms with Crippen LogP contribution in [0.25, 0.3) is 0 Å². The Balaban J connectivity index is 2.37. The summed E-state index contributed by atoms with van der Waals surface area (Å²) in [5.41, 5.74) is -1.94. The molecule has 118 valence electrons. The number of carboxylic acids is 1. The topological polar surface area (TPSA) is 107 Å². The average molecular weight is 296 g/mol. The summed E-state index contributed by atoms with van der Waals surface area (Å²) in [6, 6.07) is -0.367. The molecule has 0 fully saturated rings. The van der Waals surface area contributed by atoms with Crippen LogP contribution in [-0.4, -0.2) is 39.2 Å². The first-order valence-corrected chi connectivity index (χ1v) is 6.94. The highest BCUT2D eigenvalue weighted by Gasteiger charge is 2.44. The molecule has 1 aromatic rings. The monoisotopic (exact) mass is 296 g/mol. The zero-order valence-corrected chi connectivity index (χ0v) is 13.0. The van der Waals surface area contributed by atoms with Crippen LogP contribution in [0.15, 0.2) is 12.4 Å². The molecular formula is C14H24N4O3. The summed E-state index contributed by atoms with van der Waals surface area (Å²) in [7, 11) is 0. The molecule has 0 aliphatic heterocycles. The second-order valence-electron chi connectivity index (χ2n) is 6.08. The highest BCUT2D eigenvalue weighted by atomic mass is 16.4. The van der Waals surface area contributed by atoms with Crippen molar-refractivity contribution in [1.29, 1.82) is 0 Å². The van der Waals surface area contributed by atoms with E-state index in [2.05, 4.69) is 20.6 Å². The van der Waals surface area contributed by atoms with Gasteiger partial charge in [-0.2, -0.15) is 0 Å². The van der Waals surface area contributed by atoms with Gasteiger partial charge in [0.05, 0.1) is 11.0 Å². The van der Waals surface area contributed by atoms with Crippen LogP contribution in [0.2, 0.25) is 0 Å². The van der Waals surface area contributed by atoms with E-state index >= 15 is 0 Å². The number of carbonyl (C=O) groups is 2. The average Bonchev–Trinajstić information content (AvgIpc) is 2.86. The minimum absolute atomic E-state index is 0.367. The first-order valence-electron chi connectivity index (χ1n) is 6.94. The summed E-state index contributed by atoms with van der Waals surface area (Å²) in [5.74, 6) is -0.0739. The Morgan fingerprint density at radius 3 is 2.52 bits per heavy atom. The van der Waals surface area contributed by atoms with Gasteiger partial charge < -0.3 is 20.7 Å². The number of amides is 2. The van der Waals surface area contributed by atoms with Gasteiger partial charge in [0.1, 0.15) is 5.82 Å². The molecule has 0 aromatic carbocycles. The number of hydrogen-bond acceptors (Lipinski definition) is 3. The number of aromatic amines is 1. The van der Waals surface area contributed by atoms with Gasteiger partial charge in [-0.05, 0) is 34.1 Å². The molecule has 4 N–H and O–H groups in total. The van der Waals surface area contributed by atoms with E-state index < -0.39 is 16.9 Å². The lowest BCUT2D eigenvalue weighted by atomic mass is 9.74. The number of H-pyrrole nitrogens is 1. The van der Waals surface area contributed by atoms with Crippen LogP contribution < -0.4 is 10.6 Å². The molecule has 0 radical (unpaired) electrons. The zero-order chi connectivity index (χ0) is 16.1. The summed E-state index contributed by atoms with van der Waals surface area (Å²) >= 11 is 0. The highest BCUT2D eigenvalue weighted by Crippen LogP contribution is 2.30. The Hall–Kier alpha value is -2.05. The lowest BCUT2D eigenvalue weighted by molar-refractivity contribution is -0.150. The second kappa shape index (κ2) is 6.60. The van der Waals surface area contributed by atoms with E-state index in [0.717, 1.165) is 18.7 Å². The van der Waals surface area contributed by atoms with Crippen LogP contribution in [-0.2, 0) is 11.2 Å². The van der Waals surface area contributed by atoms with Crippen molar-refractivity contribution in [1.82, 2.24) is 20.6 Å². The normalized spacial score (nSPS) is 12.0. The quantitative estimate of drug-likeness (QED) is 0.572. The van der Waals surface area contributed by atoms with Crippen molar-refractivity contribution in [3.8, 4) is 0 Å². The van der Waals surface area contributed by atoms with E-state index in [1.165, 1.54) is 0 Å². The lowest BCUT2D eigenvalue weighted by Gasteiger charge is -2.38. The molecule has 0 saturated carbocycles. The van der Waals surface area contributed by atoms with Gasteiger partial charge in [-0.25, -0.2) is 9.78 Å². The van der Waals surface area contributed by atoms with E-state index in [1.807, 2.05) is 0 Å². The molecule has 7 nitrogen and oxygen atoms in total. The molecule has 7 heteroatoms. The van der Waals surface area contributed by atoms with E-state index in [1.54, 1.807) is 40.1 Å². The molecule has 0 bridgehead atoms. The third-order valence-corrected chi connectivity index (χ3v) is 3.95. The Labute approximate surface area is 124 Å². The van der Waals surface area contributed by atoms with Crippen LogP contribution >= 0.6 is 0 Å². The minimum atomic E-state index is -1.07. The summed E-state index contributed by atoms with van der Waals surface area (Å²) in [4.78, 5) is 30.2. The zero-order valence-electron chi connectivity index (χ0n) is 13.0. The van der Waals surface area contributed by atoms with Gasteiger partial charge in [0.2, 0.25) is 0 Å². The van der Waals surface area contributed by atoms with Crippen molar-refractivity contribution in [2.24, 2.45) is 5.41 Å². The molecule has 21 heavy (non-hydrogen) atoms. The number of nitrogens with zero attached hydrogens (tertiary/aromatic N) is 1. The second-order valence-corrected chi connectivity index (χ2v) is 6.08.